The van der Waals surface area contributed by atoms with Gasteiger partial charge in [-0.05, 0) is 25.9 Å². The molecule has 0 N–H and O–H groups in total. The summed E-state index contributed by atoms with van der Waals surface area (Å²) in [5.74, 6) is 0. The van der Waals surface area contributed by atoms with Gasteiger partial charge in [-0.25, -0.2) is 0 Å². The number of likely N-dealkylation sites (tertiary alicyclic amines) is 1. The molecule has 2 nitrogen and oxygen atoms in total. The fourth-order valence-electron chi connectivity index (χ4n) is 1.83. The van der Waals surface area contributed by atoms with Crippen LogP contribution in [0.1, 0.15) is 32.6 Å². The van der Waals surface area contributed by atoms with E-state index in [-0.39, 0.29) is 11.2 Å². The van der Waals surface area contributed by atoms with Gasteiger partial charge in [0.2, 0.25) is 5.12 Å². The molecule has 12 heavy (non-hydrogen) atoms. The Balaban J connectivity index is 2.57. The lowest BCUT2D eigenvalue weighted by molar-refractivity contribution is -0.115. The number of nitrogens with zero attached hydrogens (tertiary/aromatic N) is 1. The van der Waals surface area contributed by atoms with E-state index < -0.39 is 0 Å². The second-order valence-corrected chi connectivity index (χ2v) is 3.77. The van der Waals surface area contributed by atoms with Crippen LogP contribution < -0.4 is 0 Å². The molecule has 1 saturated heterocycles. The van der Waals surface area contributed by atoms with E-state index in [1.807, 2.05) is 0 Å². The number of hydrogen-bond acceptors (Lipinski definition) is 2. The average molecular weight is 187 g/mol. The molecule has 1 atom stereocenters. The molecule has 3 heteroatoms. The molecular formula is C9H17NOS. The first-order valence-corrected chi connectivity index (χ1v) is 5.17. The molecule has 0 spiro atoms. The zero-order valence-corrected chi connectivity index (χ0v) is 8.52. The normalized spacial score (nSPS) is 26.7. The highest BCUT2D eigenvalue weighted by atomic mass is 32.1. The minimum atomic E-state index is 0.0405. The number of hydrogen-bond donors (Lipinski definition) is 1. The quantitative estimate of drug-likeness (QED) is 0.664. The first-order valence-electron chi connectivity index (χ1n) is 4.72. The van der Waals surface area contributed by atoms with Gasteiger partial charge in [-0.15, -0.1) is 12.6 Å². The minimum absolute atomic E-state index is 0.0405. The summed E-state index contributed by atoms with van der Waals surface area (Å²) in [5.41, 5.74) is 0. The molecule has 1 fully saturated rings. The van der Waals surface area contributed by atoms with Gasteiger partial charge in [-0.3, -0.25) is 9.69 Å². The molecule has 1 rings (SSSR count). The maximum absolute atomic E-state index is 11.1. The van der Waals surface area contributed by atoms with E-state index in [1.165, 1.54) is 19.3 Å². The van der Waals surface area contributed by atoms with E-state index in [4.69, 9.17) is 0 Å². The van der Waals surface area contributed by atoms with Crippen LogP contribution in [0.25, 0.3) is 0 Å². The Morgan fingerprint density at radius 2 is 2.25 bits per heavy atom. The zero-order valence-electron chi connectivity index (χ0n) is 7.62. The lowest BCUT2D eigenvalue weighted by Crippen LogP contribution is -2.38. The molecule has 1 aliphatic rings. The topological polar surface area (TPSA) is 20.3 Å². The van der Waals surface area contributed by atoms with Gasteiger partial charge in [0, 0.05) is 0 Å². The van der Waals surface area contributed by atoms with Crippen LogP contribution in [-0.4, -0.2) is 29.1 Å². The number of carbonyl (C=O) groups is 1. The van der Waals surface area contributed by atoms with E-state index in [0.29, 0.717) is 0 Å². The molecule has 0 unspecified atom stereocenters. The minimum Gasteiger partial charge on any atom is -0.293 e. The van der Waals surface area contributed by atoms with Crippen molar-refractivity contribution in [2.75, 3.05) is 13.1 Å². The molecule has 0 radical (unpaired) electrons. The maximum atomic E-state index is 11.1. The van der Waals surface area contributed by atoms with Crippen molar-refractivity contribution in [1.82, 2.24) is 4.90 Å². The van der Waals surface area contributed by atoms with Crippen molar-refractivity contribution in [3.63, 3.8) is 0 Å². The molecule has 70 valence electrons. The van der Waals surface area contributed by atoms with Crippen LogP contribution in [0.15, 0.2) is 0 Å². The SMILES string of the molecule is CCN1CCCCC[C@H]1C(=O)S. The third-order valence-electron chi connectivity index (χ3n) is 2.55. The summed E-state index contributed by atoms with van der Waals surface area (Å²) >= 11 is 3.92. The highest BCUT2D eigenvalue weighted by Crippen LogP contribution is 2.17. The molecule has 0 bridgehead atoms. The van der Waals surface area contributed by atoms with Crippen molar-refractivity contribution in [2.45, 2.75) is 38.6 Å². The zero-order chi connectivity index (χ0) is 8.97. The number of carbonyl (C=O) groups excluding carboxylic acids is 1. The molecular weight excluding hydrogens is 170 g/mol. The van der Waals surface area contributed by atoms with Crippen LogP contribution in [0.4, 0.5) is 0 Å². The summed E-state index contributed by atoms with van der Waals surface area (Å²) in [6.45, 7) is 4.14. The first-order chi connectivity index (χ1) is 5.75. The summed E-state index contributed by atoms with van der Waals surface area (Å²) in [4.78, 5) is 13.4. The fourth-order valence-corrected chi connectivity index (χ4v) is 2.12. The van der Waals surface area contributed by atoms with Crippen molar-refractivity contribution in [3.05, 3.63) is 0 Å². The lowest BCUT2D eigenvalue weighted by Gasteiger charge is -2.25. The molecule has 0 amide bonds. The third-order valence-corrected chi connectivity index (χ3v) is 2.85. The van der Waals surface area contributed by atoms with E-state index >= 15 is 0 Å². The molecule has 0 aromatic carbocycles. The van der Waals surface area contributed by atoms with Crippen molar-refractivity contribution >= 4 is 17.7 Å². The van der Waals surface area contributed by atoms with Crippen LogP contribution in [0.3, 0.4) is 0 Å². The van der Waals surface area contributed by atoms with Crippen LogP contribution in [-0.2, 0) is 4.79 Å². The summed E-state index contributed by atoms with van der Waals surface area (Å²) in [7, 11) is 0. The standard InChI is InChI=1S/C9H17NOS/c1-2-10-7-5-3-4-6-8(10)9(11)12/h8H,2-7H2,1H3,(H,11,12)/t8-/m0/s1. The summed E-state index contributed by atoms with van der Waals surface area (Å²) < 4.78 is 0. The Morgan fingerprint density at radius 3 is 2.83 bits per heavy atom. The monoisotopic (exact) mass is 187 g/mol. The molecule has 0 saturated carbocycles. The average Bonchev–Trinajstić information content (AvgIpc) is 2.27. The van der Waals surface area contributed by atoms with Crippen LogP contribution in [0.5, 0.6) is 0 Å². The maximum Gasteiger partial charge on any atom is 0.203 e. The van der Waals surface area contributed by atoms with Gasteiger partial charge in [0.1, 0.15) is 0 Å². The third kappa shape index (κ3) is 2.49. The second kappa shape index (κ2) is 4.87. The van der Waals surface area contributed by atoms with Gasteiger partial charge in [0.05, 0.1) is 6.04 Å². The Hall–Kier alpha value is -0.0200. The summed E-state index contributed by atoms with van der Waals surface area (Å²) in [6, 6.07) is 0.0841. The van der Waals surface area contributed by atoms with Gasteiger partial charge < -0.3 is 0 Å². The fraction of sp³-hybridized carbons (Fsp3) is 0.889. The molecule has 0 aromatic heterocycles. The molecule has 1 heterocycles. The van der Waals surface area contributed by atoms with Crippen molar-refractivity contribution in [3.8, 4) is 0 Å². The number of likely N-dealkylation sites (N-methyl/N-ethyl adjacent to an activating group) is 1. The van der Waals surface area contributed by atoms with Gasteiger partial charge >= 0.3 is 0 Å². The number of rotatable bonds is 2. The predicted molar refractivity (Wildman–Crippen MR) is 53.5 cm³/mol. The molecule has 1 aliphatic heterocycles. The molecule has 0 aliphatic carbocycles. The molecule has 0 aromatic rings. The Morgan fingerprint density at radius 1 is 1.50 bits per heavy atom. The summed E-state index contributed by atoms with van der Waals surface area (Å²) in [5, 5.41) is 0.0405. The van der Waals surface area contributed by atoms with Gasteiger partial charge in [0.25, 0.3) is 0 Å². The van der Waals surface area contributed by atoms with E-state index in [1.54, 1.807) is 0 Å². The van der Waals surface area contributed by atoms with Crippen LogP contribution in [0.2, 0.25) is 0 Å². The van der Waals surface area contributed by atoms with Crippen LogP contribution >= 0.6 is 12.6 Å². The highest BCUT2D eigenvalue weighted by molar-refractivity contribution is 7.96. The van der Waals surface area contributed by atoms with E-state index in [0.717, 1.165) is 19.5 Å². The van der Waals surface area contributed by atoms with E-state index in [2.05, 4.69) is 24.5 Å². The van der Waals surface area contributed by atoms with E-state index in [9.17, 15) is 4.79 Å². The largest absolute Gasteiger partial charge is 0.293 e. The lowest BCUT2D eigenvalue weighted by atomic mass is 10.1. The summed E-state index contributed by atoms with van der Waals surface area (Å²) in [6.07, 6.45) is 4.66. The predicted octanol–water partition coefficient (Wildman–Crippen LogP) is 1.71. The first kappa shape index (κ1) is 10.1. The van der Waals surface area contributed by atoms with Gasteiger partial charge in [-0.1, -0.05) is 19.8 Å². The Bertz CT molecular complexity index is 161. The second-order valence-electron chi connectivity index (χ2n) is 3.33. The highest BCUT2D eigenvalue weighted by Gasteiger charge is 2.23. The van der Waals surface area contributed by atoms with Gasteiger partial charge in [-0.2, -0.15) is 0 Å². The Labute approximate surface area is 79.7 Å². The number of thiol groups is 1. The van der Waals surface area contributed by atoms with Crippen LogP contribution in [0, 0.1) is 0 Å². The smallest absolute Gasteiger partial charge is 0.203 e. The van der Waals surface area contributed by atoms with Gasteiger partial charge in [0.15, 0.2) is 0 Å². The van der Waals surface area contributed by atoms with Crippen molar-refractivity contribution < 1.29 is 4.79 Å². The Kier molecular flexibility index (Phi) is 4.09. The van der Waals surface area contributed by atoms with Crippen molar-refractivity contribution in [1.29, 1.82) is 0 Å². The van der Waals surface area contributed by atoms with Crippen molar-refractivity contribution in [2.24, 2.45) is 0 Å².